The Morgan fingerprint density at radius 2 is 2.05 bits per heavy atom. The monoisotopic (exact) mass is 314 g/mol. The van der Waals surface area contributed by atoms with E-state index in [-0.39, 0.29) is 16.6 Å². The average Bonchev–Trinajstić information content (AvgIpc) is 2.79. The van der Waals surface area contributed by atoms with Crippen LogP contribution in [0.1, 0.15) is 11.7 Å². The molecule has 1 saturated heterocycles. The molecule has 4 atom stereocenters. The van der Waals surface area contributed by atoms with Gasteiger partial charge in [0.25, 0.3) is 5.56 Å². The lowest BCUT2D eigenvalue weighted by molar-refractivity contribution is -0.0231. The van der Waals surface area contributed by atoms with Gasteiger partial charge in [-0.3, -0.25) is 4.79 Å². The van der Waals surface area contributed by atoms with Gasteiger partial charge in [-0.15, -0.1) is 0 Å². The maximum absolute atomic E-state index is 13.8. The third-order valence-electron chi connectivity index (χ3n) is 3.65. The van der Waals surface area contributed by atoms with Crippen molar-refractivity contribution >= 4 is 11.0 Å². The Morgan fingerprint density at radius 1 is 1.32 bits per heavy atom. The van der Waals surface area contributed by atoms with Gasteiger partial charge in [0, 0.05) is 5.56 Å². The Balaban J connectivity index is 2.13. The van der Waals surface area contributed by atoms with Crippen LogP contribution in [-0.2, 0) is 4.74 Å². The van der Waals surface area contributed by atoms with Gasteiger partial charge in [-0.2, -0.15) is 0 Å². The predicted octanol–water partition coefficient (Wildman–Crippen LogP) is -0.645. The molecular formula is C13H12F2N2O5. The maximum Gasteiger partial charge on any atom is 0.255 e. The highest BCUT2D eigenvalue weighted by Gasteiger charge is 2.44. The molecule has 1 unspecified atom stereocenters. The highest BCUT2D eigenvalue weighted by atomic mass is 19.2. The van der Waals surface area contributed by atoms with Gasteiger partial charge in [-0.05, 0) is 6.07 Å². The Kier molecular flexibility index (Phi) is 3.65. The summed E-state index contributed by atoms with van der Waals surface area (Å²) < 4.78 is 32.2. The first kappa shape index (κ1) is 15.0. The summed E-state index contributed by atoms with van der Waals surface area (Å²) in [5.41, 5.74) is -1.07. The van der Waals surface area contributed by atoms with Crippen LogP contribution in [0.25, 0.3) is 11.0 Å². The molecule has 2 aromatic rings. The zero-order chi connectivity index (χ0) is 16.0. The van der Waals surface area contributed by atoms with Gasteiger partial charge in [0.05, 0.1) is 18.2 Å². The summed E-state index contributed by atoms with van der Waals surface area (Å²) in [4.78, 5) is 17.9. The average molecular weight is 314 g/mol. The number of nitrogens with one attached hydrogen (secondary N) is 1. The summed E-state index contributed by atoms with van der Waals surface area (Å²) in [6, 6.07) is 1.01. The molecule has 0 saturated carbocycles. The van der Waals surface area contributed by atoms with Gasteiger partial charge in [0.15, 0.2) is 11.6 Å². The minimum atomic E-state index is -1.49. The fourth-order valence-electron chi connectivity index (χ4n) is 2.48. The van der Waals surface area contributed by atoms with Gasteiger partial charge in [-0.1, -0.05) is 0 Å². The van der Waals surface area contributed by atoms with Crippen LogP contribution in [0, 0.1) is 11.6 Å². The van der Waals surface area contributed by atoms with Crippen molar-refractivity contribution in [3.8, 4) is 0 Å². The molecule has 4 N–H and O–H groups in total. The third kappa shape index (κ3) is 2.18. The molecule has 22 heavy (non-hydrogen) atoms. The second kappa shape index (κ2) is 5.36. The number of aromatic amines is 1. The van der Waals surface area contributed by atoms with Crippen molar-refractivity contribution in [2.24, 2.45) is 0 Å². The largest absolute Gasteiger partial charge is 0.394 e. The highest BCUT2D eigenvalue weighted by Crippen LogP contribution is 2.32. The van der Waals surface area contributed by atoms with E-state index in [2.05, 4.69) is 9.97 Å². The van der Waals surface area contributed by atoms with Crippen LogP contribution in [0.4, 0.5) is 8.78 Å². The van der Waals surface area contributed by atoms with E-state index in [9.17, 15) is 23.8 Å². The number of halogens is 2. The number of aliphatic hydroxyl groups excluding tert-OH is 3. The number of hydrogen-bond donors (Lipinski definition) is 4. The molecule has 1 aliphatic heterocycles. The first-order valence-electron chi connectivity index (χ1n) is 6.43. The fraction of sp³-hybridized carbons (Fsp3) is 0.385. The van der Waals surface area contributed by atoms with E-state index < -0.39 is 48.2 Å². The molecule has 1 fully saturated rings. The number of rotatable bonds is 2. The molecule has 0 bridgehead atoms. The van der Waals surface area contributed by atoms with E-state index in [1.165, 1.54) is 0 Å². The van der Waals surface area contributed by atoms with Crippen molar-refractivity contribution in [2.45, 2.75) is 24.4 Å². The molecule has 0 aliphatic carbocycles. The van der Waals surface area contributed by atoms with E-state index in [0.717, 1.165) is 6.07 Å². The van der Waals surface area contributed by atoms with Crippen LogP contribution in [0.3, 0.4) is 0 Å². The lowest BCUT2D eigenvalue weighted by Crippen LogP contribution is -2.33. The number of hydrogen-bond acceptors (Lipinski definition) is 6. The minimum absolute atomic E-state index is 0.153. The van der Waals surface area contributed by atoms with Crippen LogP contribution >= 0.6 is 0 Å². The van der Waals surface area contributed by atoms with Gasteiger partial charge in [0.1, 0.15) is 30.1 Å². The number of pyridine rings is 2. The zero-order valence-corrected chi connectivity index (χ0v) is 11.0. The van der Waals surface area contributed by atoms with Crippen molar-refractivity contribution in [1.82, 2.24) is 9.97 Å². The standard InChI is InChI=1S/C13H12F2N2O5/c14-6-2-16-12-4(8(6)15)1-5(13(21)17-12)11-10(20)9(19)7(3-18)22-11/h1-2,7,9-11,18-20H,3H2,(H,16,17,21)/t7-,9?,10+,11+/m1/s1. The molecule has 0 radical (unpaired) electrons. The Bertz CT molecular complexity index is 781. The van der Waals surface area contributed by atoms with Crippen LogP contribution in [0.15, 0.2) is 17.1 Å². The molecular weight excluding hydrogens is 302 g/mol. The first-order chi connectivity index (χ1) is 10.4. The summed E-state index contributed by atoms with van der Waals surface area (Å²) >= 11 is 0. The second-order valence-corrected chi connectivity index (χ2v) is 5.00. The van der Waals surface area contributed by atoms with Crippen molar-refractivity contribution in [3.63, 3.8) is 0 Å². The summed E-state index contributed by atoms with van der Waals surface area (Å²) in [6.07, 6.45) is -4.60. The SMILES string of the molecule is O=c1[nH]c2ncc(F)c(F)c2cc1[C@@H]1O[C@H](CO)C(O)[C@@H]1O. The maximum atomic E-state index is 13.8. The molecule has 0 spiro atoms. The van der Waals surface area contributed by atoms with E-state index >= 15 is 0 Å². The topological polar surface area (TPSA) is 116 Å². The van der Waals surface area contributed by atoms with Crippen LogP contribution in [0.2, 0.25) is 0 Å². The molecule has 1 aliphatic rings. The van der Waals surface area contributed by atoms with Crippen molar-refractivity contribution in [2.75, 3.05) is 6.61 Å². The fourth-order valence-corrected chi connectivity index (χ4v) is 2.48. The first-order valence-corrected chi connectivity index (χ1v) is 6.43. The smallest absolute Gasteiger partial charge is 0.255 e. The molecule has 3 rings (SSSR count). The van der Waals surface area contributed by atoms with Crippen molar-refractivity contribution in [3.05, 3.63) is 39.8 Å². The van der Waals surface area contributed by atoms with E-state index in [1.807, 2.05) is 0 Å². The molecule has 3 heterocycles. The lowest BCUT2D eigenvalue weighted by atomic mass is 10.0. The van der Waals surface area contributed by atoms with E-state index in [0.29, 0.717) is 6.20 Å². The summed E-state index contributed by atoms with van der Waals surface area (Å²) in [6.45, 7) is -0.565. The molecule has 7 nitrogen and oxygen atoms in total. The summed E-state index contributed by atoms with van der Waals surface area (Å²) in [5, 5.41) is 28.4. The summed E-state index contributed by atoms with van der Waals surface area (Å²) in [7, 11) is 0. The number of fused-ring (bicyclic) bond motifs is 1. The highest BCUT2D eigenvalue weighted by molar-refractivity contribution is 5.75. The van der Waals surface area contributed by atoms with E-state index in [4.69, 9.17) is 9.84 Å². The zero-order valence-electron chi connectivity index (χ0n) is 11.0. The van der Waals surface area contributed by atoms with Crippen LogP contribution in [0.5, 0.6) is 0 Å². The predicted molar refractivity (Wildman–Crippen MR) is 69.0 cm³/mol. The number of aromatic nitrogens is 2. The van der Waals surface area contributed by atoms with Gasteiger partial charge >= 0.3 is 0 Å². The molecule has 0 amide bonds. The molecule has 2 aromatic heterocycles. The van der Waals surface area contributed by atoms with Crippen molar-refractivity contribution in [1.29, 1.82) is 0 Å². The number of nitrogens with zero attached hydrogens (tertiary/aromatic N) is 1. The number of H-pyrrole nitrogens is 1. The minimum Gasteiger partial charge on any atom is -0.394 e. The Hall–Kier alpha value is -1.94. The lowest BCUT2D eigenvalue weighted by Gasteiger charge is -2.14. The molecule has 9 heteroatoms. The quantitative estimate of drug-likeness (QED) is 0.586. The molecule has 118 valence electrons. The summed E-state index contributed by atoms with van der Waals surface area (Å²) in [5.74, 6) is -2.39. The van der Waals surface area contributed by atoms with Crippen LogP contribution in [-0.4, -0.2) is 50.2 Å². The van der Waals surface area contributed by atoms with Gasteiger partial charge in [-0.25, -0.2) is 13.8 Å². The molecule has 0 aromatic carbocycles. The number of aliphatic hydroxyl groups is 3. The van der Waals surface area contributed by atoms with Gasteiger partial charge in [0.2, 0.25) is 0 Å². The Morgan fingerprint density at radius 3 is 2.68 bits per heavy atom. The van der Waals surface area contributed by atoms with Crippen LogP contribution < -0.4 is 5.56 Å². The van der Waals surface area contributed by atoms with Crippen molar-refractivity contribution < 1.29 is 28.8 Å². The normalized spacial score (nSPS) is 28.4. The second-order valence-electron chi connectivity index (χ2n) is 5.00. The number of ether oxygens (including phenoxy) is 1. The third-order valence-corrected chi connectivity index (χ3v) is 3.65. The van der Waals surface area contributed by atoms with Gasteiger partial charge < -0.3 is 25.0 Å². The van der Waals surface area contributed by atoms with E-state index in [1.54, 1.807) is 0 Å². The Labute approximate surface area is 121 Å².